The Morgan fingerprint density at radius 2 is 1.17 bits per heavy atom. The van der Waals surface area contributed by atoms with Gasteiger partial charge in [0.1, 0.15) is 0 Å². The molecule has 7 heteroatoms. The molecule has 0 nitrogen and oxygen atoms in total. The second kappa shape index (κ2) is 9.97. The number of unbranched alkanes of at least 4 members (excludes halogenated alkanes) is 3. The molecular weight excluding hydrogens is 409 g/mol. The van der Waals surface area contributed by atoms with Gasteiger partial charge in [-0.25, -0.2) is 0 Å². The number of benzene rings is 2. The Morgan fingerprint density at radius 3 is 1.62 bits per heavy atom. The van der Waals surface area contributed by atoms with Gasteiger partial charge in [-0.1, -0.05) is 0 Å². The summed E-state index contributed by atoms with van der Waals surface area (Å²) in [6, 6.07) is 16.6. The Bertz CT molecular complexity index is 690. The molecule has 2 rings (SSSR count). The zero-order valence-corrected chi connectivity index (χ0v) is 17.4. The van der Waals surface area contributed by atoms with Gasteiger partial charge in [0.25, 0.3) is 0 Å². The van der Waals surface area contributed by atoms with Crippen molar-refractivity contribution in [3.05, 3.63) is 60.7 Å². The number of alkyl halides is 6. The zero-order valence-electron chi connectivity index (χ0n) is 16.4. The Labute approximate surface area is 168 Å². The van der Waals surface area contributed by atoms with Crippen LogP contribution in [-0.2, 0) is 0 Å². The van der Waals surface area contributed by atoms with Crippen molar-refractivity contribution in [3.63, 3.8) is 0 Å². The van der Waals surface area contributed by atoms with Crippen molar-refractivity contribution in [3.8, 4) is 0 Å². The minimum atomic E-state index is -4.21. The van der Waals surface area contributed by atoms with Gasteiger partial charge in [0.2, 0.25) is 0 Å². The van der Waals surface area contributed by atoms with E-state index in [1.54, 1.807) is 60.7 Å². The molecule has 0 heterocycles. The molecule has 2 aromatic rings. The summed E-state index contributed by atoms with van der Waals surface area (Å²) in [7, 11) is -3.75. The van der Waals surface area contributed by atoms with Crippen LogP contribution in [0.15, 0.2) is 60.7 Å². The summed E-state index contributed by atoms with van der Waals surface area (Å²) in [6.07, 6.45) is -7.17. The van der Waals surface area contributed by atoms with Crippen LogP contribution in [0.2, 0.25) is 0 Å². The molecule has 1 atom stereocenters. The van der Waals surface area contributed by atoms with Crippen LogP contribution >= 0.6 is 7.26 Å². The third-order valence-electron chi connectivity index (χ3n) is 5.43. The predicted octanol–water partition coefficient (Wildman–Crippen LogP) is 6.85. The topological polar surface area (TPSA) is 0 Å². The van der Waals surface area contributed by atoms with Gasteiger partial charge in [0, 0.05) is 0 Å². The molecule has 1 unspecified atom stereocenters. The van der Waals surface area contributed by atoms with Gasteiger partial charge in [-0.05, 0) is 0 Å². The standard InChI is InChI=1S/C22H27F6P/c1-29(18-12-6-4-7-13-18,19-14-8-5-9-15-19)22(27,28)20(23)16-10-2-3-11-17-21(24,25)26/h4-9,12-15,20,29H,2-3,10-11,16-17H2,1H3. The van der Waals surface area contributed by atoms with Gasteiger partial charge in [0.15, 0.2) is 0 Å². The molecule has 0 aromatic heterocycles. The minimum absolute atomic E-state index is 0.0582. The summed E-state index contributed by atoms with van der Waals surface area (Å²) in [5.41, 5.74) is -3.55. The summed E-state index contributed by atoms with van der Waals surface area (Å²) in [5, 5.41) is 0.896. The summed E-state index contributed by atoms with van der Waals surface area (Å²) in [6.45, 7) is 1.48. The van der Waals surface area contributed by atoms with E-state index in [9.17, 15) is 17.6 Å². The second-order valence-electron chi connectivity index (χ2n) is 7.52. The maximum absolute atomic E-state index is 15.5. The third kappa shape index (κ3) is 5.97. The van der Waals surface area contributed by atoms with Crippen LogP contribution < -0.4 is 10.6 Å². The van der Waals surface area contributed by atoms with Crippen molar-refractivity contribution in [1.82, 2.24) is 0 Å². The van der Waals surface area contributed by atoms with Crippen molar-refractivity contribution >= 4 is 17.9 Å². The monoisotopic (exact) mass is 436 g/mol. The van der Waals surface area contributed by atoms with Crippen LogP contribution in [-0.4, -0.2) is 24.7 Å². The first-order valence-electron chi connectivity index (χ1n) is 9.78. The van der Waals surface area contributed by atoms with Gasteiger partial charge in [0.05, 0.1) is 0 Å². The van der Waals surface area contributed by atoms with Crippen LogP contribution in [0.3, 0.4) is 0 Å². The van der Waals surface area contributed by atoms with Crippen LogP contribution in [0, 0.1) is 0 Å². The molecule has 0 N–H and O–H groups in total. The molecule has 2 aromatic carbocycles. The quantitative estimate of drug-likeness (QED) is 0.217. The van der Waals surface area contributed by atoms with E-state index in [0.717, 1.165) is 0 Å². The molecule has 162 valence electrons. The average molecular weight is 436 g/mol. The molecule has 0 aliphatic heterocycles. The molecule has 0 saturated carbocycles. The van der Waals surface area contributed by atoms with Crippen molar-refractivity contribution in [1.29, 1.82) is 0 Å². The third-order valence-corrected chi connectivity index (χ3v) is 10.1. The molecule has 0 radical (unpaired) electrons. The molecule has 0 bridgehead atoms. The number of halogens is 6. The fraction of sp³-hybridized carbons (Fsp3) is 0.455. The summed E-state index contributed by atoms with van der Waals surface area (Å²) in [4.78, 5) is 0. The predicted molar refractivity (Wildman–Crippen MR) is 110 cm³/mol. The SMILES string of the molecule is C[PH](c1ccccc1)(c1ccccc1)C(F)(F)C(F)CCCCCCC(F)(F)F. The summed E-state index contributed by atoms with van der Waals surface area (Å²) in [5.74, 6) is 0. The van der Waals surface area contributed by atoms with Gasteiger partial charge in [-0.3, -0.25) is 0 Å². The van der Waals surface area contributed by atoms with E-state index in [4.69, 9.17) is 0 Å². The number of hydrogen-bond donors (Lipinski definition) is 0. The van der Waals surface area contributed by atoms with E-state index in [2.05, 4.69) is 0 Å². The van der Waals surface area contributed by atoms with E-state index >= 15 is 8.78 Å². The Hall–Kier alpha value is -1.55. The Kier molecular flexibility index (Phi) is 8.16. The van der Waals surface area contributed by atoms with Gasteiger partial charge < -0.3 is 0 Å². The van der Waals surface area contributed by atoms with E-state index in [1.165, 1.54) is 6.66 Å². The van der Waals surface area contributed by atoms with Crippen LogP contribution in [0.1, 0.15) is 38.5 Å². The summed E-state index contributed by atoms with van der Waals surface area (Å²) >= 11 is 0. The second-order valence-corrected chi connectivity index (χ2v) is 11.6. The Balaban J connectivity index is 2.11. The van der Waals surface area contributed by atoms with Gasteiger partial charge in [-0.15, -0.1) is 0 Å². The number of hydrogen-bond acceptors (Lipinski definition) is 0. The van der Waals surface area contributed by atoms with Crippen molar-refractivity contribution in [2.24, 2.45) is 0 Å². The van der Waals surface area contributed by atoms with Gasteiger partial charge in [-0.2, -0.15) is 0 Å². The summed E-state index contributed by atoms with van der Waals surface area (Å²) < 4.78 is 82.3. The first-order valence-corrected chi connectivity index (χ1v) is 12.3. The van der Waals surface area contributed by atoms with E-state index in [-0.39, 0.29) is 25.7 Å². The Morgan fingerprint density at radius 1 is 0.724 bits per heavy atom. The molecule has 0 aliphatic rings. The van der Waals surface area contributed by atoms with E-state index in [0.29, 0.717) is 17.0 Å². The fourth-order valence-electron chi connectivity index (χ4n) is 3.59. The van der Waals surface area contributed by atoms with Crippen LogP contribution in [0.4, 0.5) is 26.3 Å². The van der Waals surface area contributed by atoms with E-state index < -0.39 is 31.7 Å². The molecule has 29 heavy (non-hydrogen) atoms. The van der Waals surface area contributed by atoms with Crippen molar-refractivity contribution in [2.45, 2.75) is 56.5 Å². The zero-order chi connectivity index (χ0) is 21.5. The molecule has 0 aliphatic carbocycles. The first-order chi connectivity index (χ1) is 13.6. The molecule has 0 spiro atoms. The van der Waals surface area contributed by atoms with Gasteiger partial charge >= 0.3 is 168 Å². The molecule has 0 saturated heterocycles. The number of rotatable bonds is 10. The normalized spacial score (nSPS) is 14.6. The van der Waals surface area contributed by atoms with Crippen molar-refractivity contribution in [2.75, 3.05) is 6.66 Å². The van der Waals surface area contributed by atoms with Crippen molar-refractivity contribution < 1.29 is 26.3 Å². The molecular formula is C22H27F6P. The fourth-order valence-corrected chi connectivity index (χ4v) is 7.18. The maximum atomic E-state index is 15.5. The average Bonchev–Trinajstić information content (AvgIpc) is 2.70. The van der Waals surface area contributed by atoms with Crippen LogP contribution in [0.5, 0.6) is 0 Å². The molecule has 0 fully saturated rings. The van der Waals surface area contributed by atoms with E-state index in [1.807, 2.05) is 0 Å². The van der Waals surface area contributed by atoms with Crippen LogP contribution in [0.25, 0.3) is 0 Å². The first kappa shape index (κ1) is 23.7. The molecule has 0 amide bonds.